The summed E-state index contributed by atoms with van der Waals surface area (Å²) in [5.41, 5.74) is 0. The number of hydrogen-bond donors (Lipinski definition) is 0. The van der Waals surface area contributed by atoms with Gasteiger partial charge in [-0.2, -0.15) is 47.0 Å². The lowest BCUT2D eigenvalue weighted by atomic mass is 10.0. The summed E-state index contributed by atoms with van der Waals surface area (Å²) in [6.45, 7) is 4.34. The third kappa shape index (κ3) is 15.6. The average Bonchev–Trinajstić information content (AvgIpc) is 2.74. The zero-order valence-corrected chi connectivity index (χ0v) is 23.7. The molecule has 30 heavy (non-hydrogen) atoms. The van der Waals surface area contributed by atoms with Gasteiger partial charge in [0, 0.05) is 27.9 Å². The second kappa shape index (κ2) is 21.7. The number of unbranched alkanes of at least 4 members (excludes halogenated alkanes) is 6. The summed E-state index contributed by atoms with van der Waals surface area (Å²) >= 11 is 8.09. The Kier molecular flexibility index (Phi) is 22.3. The Bertz CT molecular complexity index is 395. The predicted molar refractivity (Wildman–Crippen MR) is 147 cm³/mol. The van der Waals surface area contributed by atoms with Crippen LogP contribution < -0.4 is 0 Å². The van der Waals surface area contributed by atoms with Crippen molar-refractivity contribution >= 4 is 53.0 Å². The Labute approximate surface area is 205 Å². The van der Waals surface area contributed by atoms with Gasteiger partial charge in [-0.05, 0) is 50.7 Å². The van der Waals surface area contributed by atoms with Gasteiger partial charge in [-0.15, -0.1) is 0 Å². The number of ether oxygens (including phenoxy) is 1. The molecule has 0 aliphatic rings. The van der Waals surface area contributed by atoms with Crippen LogP contribution in [0.4, 0.5) is 0 Å². The predicted octanol–water partition coefficient (Wildman–Crippen LogP) is 8.18. The number of hydrogen-bond acceptors (Lipinski definition) is 6. The van der Waals surface area contributed by atoms with Gasteiger partial charge in [0.15, 0.2) is 0 Å². The fourth-order valence-electron chi connectivity index (χ4n) is 3.96. The van der Waals surface area contributed by atoms with Gasteiger partial charge < -0.3 is 4.74 Å². The van der Waals surface area contributed by atoms with Gasteiger partial charge in [-0.3, -0.25) is 4.79 Å². The molecule has 0 spiro atoms. The third-order valence-corrected chi connectivity index (χ3v) is 10.8. The topological polar surface area (TPSA) is 26.3 Å². The van der Waals surface area contributed by atoms with Crippen molar-refractivity contribution in [2.75, 3.05) is 31.6 Å². The second-order valence-corrected chi connectivity index (χ2v) is 12.4. The first-order valence-electron chi connectivity index (χ1n) is 11.8. The van der Waals surface area contributed by atoms with Crippen LogP contribution in [0.1, 0.15) is 90.9 Å². The lowest BCUT2D eigenvalue weighted by Crippen LogP contribution is -2.23. The summed E-state index contributed by atoms with van der Waals surface area (Å²) in [4.78, 5) is 11.0. The maximum Gasteiger partial charge on any atom is 0.302 e. The first kappa shape index (κ1) is 30.9. The fraction of sp³-hybridized carbons (Fsp3) is 0.958. The molecule has 0 radical (unpaired) electrons. The minimum Gasteiger partial charge on any atom is -0.466 e. The van der Waals surface area contributed by atoms with Crippen LogP contribution >= 0.6 is 47.0 Å². The van der Waals surface area contributed by atoms with E-state index < -0.39 is 0 Å². The third-order valence-electron chi connectivity index (χ3n) is 5.82. The summed E-state index contributed by atoms with van der Waals surface area (Å²) in [5.74, 6) is -0.164. The van der Waals surface area contributed by atoms with E-state index in [4.69, 9.17) is 4.74 Å². The highest BCUT2D eigenvalue weighted by atomic mass is 32.2. The second-order valence-electron chi connectivity index (χ2n) is 8.07. The number of carbonyl (C=O) groups excluding carboxylic acids is 1. The molecule has 0 amide bonds. The van der Waals surface area contributed by atoms with Crippen molar-refractivity contribution in [3.8, 4) is 0 Å². The summed E-state index contributed by atoms with van der Waals surface area (Å²) in [6.07, 6.45) is 25.0. The van der Waals surface area contributed by atoms with Crippen LogP contribution in [0.5, 0.6) is 0 Å². The van der Waals surface area contributed by atoms with Gasteiger partial charge >= 0.3 is 5.97 Å². The summed E-state index contributed by atoms with van der Waals surface area (Å²) in [7, 11) is 0. The largest absolute Gasteiger partial charge is 0.466 e. The van der Waals surface area contributed by atoms with Gasteiger partial charge in [0.2, 0.25) is 0 Å². The Morgan fingerprint density at radius 2 is 1.00 bits per heavy atom. The summed E-state index contributed by atoms with van der Waals surface area (Å²) in [5, 5.41) is 2.83. The Hall–Kier alpha value is 0.870. The monoisotopic (exact) mass is 496 g/mol. The zero-order valence-electron chi connectivity index (χ0n) is 20.5. The molecule has 0 N–H and O–H groups in total. The summed E-state index contributed by atoms with van der Waals surface area (Å²) < 4.78 is 5.17. The Balaban J connectivity index is 4.23. The highest BCUT2D eigenvalue weighted by molar-refractivity contribution is 8.03. The van der Waals surface area contributed by atoms with Crippen molar-refractivity contribution in [3.63, 3.8) is 0 Å². The van der Waals surface area contributed by atoms with E-state index in [1.54, 1.807) is 0 Å². The molecule has 0 aromatic carbocycles. The lowest BCUT2D eigenvalue weighted by Gasteiger charge is -2.26. The molecule has 180 valence electrons. The molecule has 2 nitrogen and oxygen atoms in total. The molecule has 4 unspecified atom stereocenters. The zero-order chi connectivity index (χ0) is 22.6. The van der Waals surface area contributed by atoms with Gasteiger partial charge in [0.05, 0.1) is 6.61 Å². The number of thioether (sulfide) groups is 4. The maximum atomic E-state index is 11.0. The van der Waals surface area contributed by atoms with E-state index in [0.717, 1.165) is 16.9 Å². The van der Waals surface area contributed by atoms with Gasteiger partial charge in [-0.1, -0.05) is 58.3 Å². The van der Waals surface area contributed by atoms with Crippen molar-refractivity contribution in [3.05, 3.63) is 0 Å². The molecule has 0 rings (SSSR count). The molecule has 0 saturated carbocycles. The highest BCUT2D eigenvalue weighted by Gasteiger charge is 2.22. The normalized spacial score (nSPS) is 15.5. The van der Waals surface area contributed by atoms with Crippen molar-refractivity contribution in [2.45, 2.75) is 112 Å². The SMILES string of the molecule is CCCCCCCCC(SC)C(CCCCC(SC)C(CCOC(C)=O)SC)SC. The van der Waals surface area contributed by atoms with Crippen molar-refractivity contribution in [1.82, 2.24) is 0 Å². The Morgan fingerprint density at radius 3 is 1.40 bits per heavy atom. The van der Waals surface area contributed by atoms with E-state index in [-0.39, 0.29) is 5.97 Å². The van der Waals surface area contributed by atoms with Crippen molar-refractivity contribution in [2.24, 2.45) is 0 Å². The van der Waals surface area contributed by atoms with Gasteiger partial charge in [0.1, 0.15) is 0 Å². The van der Waals surface area contributed by atoms with Crippen LogP contribution in [0.15, 0.2) is 0 Å². The molecule has 0 aromatic rings. The number of esters is 1. The standard InChI is InChI=1S/C24H48O2S4/c1-7-8-9-10-11-12-15-21(27-3)22(28-4)16-13-14-17-23(29-5)24(30-6)18-19-26-20(2)25/h21-24H,7-19H2,1-6H3. The van der Waals surface area contributed by atoms with Crippen LogP contribution in [0.25, 0.3) is 0 Å². The molecule has 0 aromatic heterocycles. The molecular weight excluding hydrogens is 449 g/mol. The van der Waals surface area contributed by atoms with Crippen molar-refractivity contribution < 1.29 is 9.53 Å². The van der Waals surface area contributed by atoms with Crippen LogP contribution in [0.3, 0.4) is 0 Å². The highest BCUT2D eigenvalue weighted by Crippen LogP contribution is 2.32. The smallest absolute Gasteiger partial charge is 0.302 e. The molecule has 4 atom stereocenters. The fourth-order valence-corrected chi connectivity index (χ4v) is 8.59. The first-order valence-corrected chi connectivity index (χ1v) is 16.9. The van der Waals surface area contributed by atoms with E-state index in [1.807, 2.05) is 23.5 Å². The van der Waals surface area contributed by atoms with Gasteiger partial charge in [-0.25, -0.2) is 0 Å². The van der Waals surface area contributed by atoms with E-state index >= 15 is 0 Å². The van der Waals surface area contributed by atoms with Crippen LogP contribution in [0.2, 0.25) is 0 Å². The van der Waals surface area contributed by atoms with Crippen LogP contribution in [0, 0.1) is 0 Å². The molecule has 0 fully saturated rings. The van der Waals surface area contributed by atoms with E-state index in [0.29, 0.717) is 17.1 Å². The molecule has 0 aliphatic carbocycles. The number of carbonyl (C=O) groups is 1. The van der Waals surface area contributed by atoms with E-state index in [9.17, 15) is 4.79 Å². The quantitative estimate of drug-likeness (QED) is 0.117. The Morgan fingerprint density at radius 1 is 0.633 bits per heavy atom. The molecular formula is C24H48O2S4. The van der Waals surface area contributed by atoms with E-state index in [2.05, 4.69) is 55.5 Å². The van der Waals surface area contributed by atoms with Crippen molar-refractivity contribution in [1.29, 1.82) is 0 Å². The molecule has 0 bridgehead atoms. The molecule has 0 heterocycles. The van der Waals surface area contributed by atoms with Gasteiger partial charge in [0.25, 0.3) is 0 Å². The average molecular weight is 497 g/mol. The molecule has 0 saturated heterocycles. The summed E-state index contributed by atoms with van der Waals surface area (Å²) in [6, 6.07) is 0. The molecule has 0 aliphatic heterocycles. The lowest BCUT2D eigenvalue weighted by molar-refractivity contribution is -0.141. The minimum atomic E-state index is -0.164. The number of rotatable bonds is 21. The maximum absolute atomic E-state index is 11.0. The minimum absolute atomic E-state index is 0.164. The van der Waals surface area contributed by atoms with Crippen LogP contribution in [-0.4, -0.2) is 58.6 Å². The molecule has 6 heteroatoms. The van der Waals surface area contributed by atoms with Crippen LogP contribution in [-0.2, 0) is 9.53 Å². The van der Waals surface area contributed by atoms with E-state index in [1.165, 1.54) is 77.6 Å². The first-order chi connectivity index (χ1) is 14.5.